The van der Waals surface area contributed by atoms with Crippen LogP contribution in [0.2, 0.25) is 0 Å². The Kier molecular flexibility index (Phi) is 5.59. The highest BCUT2D eigenvalue weighted by molar-refractivity contribution is 5.87. The number of ether oxygens (including phenoxy) is 1. The molecule has 0 saturated carbocycles. The first-order valence-electron chi connectivity index (χ1n) is 3.92. The van der Waals surface area contributed by atoms with E-state index < -0.39 is 12.6 Å². The van der Waals surface area contributed by atoms with E-state index in [1.807, 2.05) is 0 Å². The minimum absolute atomic E-state index is 0.146. The zero-order chi connectivity index (χ0) is 10.3. The Balaban J connectivity index is 4.75. The largest absolute Gasteiger partial charge is 0.497 e. The van der Waals surface area contributed by atoms with Crippen LogP contribution < -0.4 is 0 Å². The molecule has 0 aromatic rings. The molecule has 0 heterocycles. The zero-order valence-corrected chi connectivity index (χ0v) is 7.55. The Bertz CT molecular complexity index is 221. The van der Waals surface area contributed by atoms with Crippen LogP contribution in [0.5, 0.6) is 0 Å². The molecule has 0 spiro atoms. The molecule has 74 valence electrons. The highest BCUT2D eigenvalue weighted by atomic mass is 19.1. The third kappa shape index (κ3) is 3.73. The summed E-state index contributed by atoms with van der Waals surface area (Å²) in [4.78, 5) is 10.5. The zero-order valence-electron chi connectivity index (χ0n) is 7.55. The minimum Gasteiger partial charge on any atom is -0.497 e. The van der Waals surface area contributed by atoms with E-state index in [0.29, 0.717) is 6.61 Å². The smallest absolute Gasteiger partial charge is 0.337 e. The second-order valence-corrected chi connectivity index (χ2v) is 2.27. The van der Waals surface area contributed by atoms with E-state index >= 15 is 0 Å². The van der Waals surface area contributed by atoms with Crippen LogP contribution in [-0.2, 0) is 9.53 Å². The van der Waals surface area contributed by atoms with Crippen LogP contribution >= 0.6 is 0 Å². The molecule has 0 atom stereocenters. The summed E-state index contributed by atoms with van der Waals surface area (Å²) >= 11 is 0. The third-order valence-electron chi connectivity index (χ3n) is 1.38. The fourth-order valence-corrected chi connectivity index (χ4v) is 0.826. The number of hydrogen-bond donors (Lipinski definition) is 1. The molecule has 0 amide bonds. The van der Waals surface area contributed by atoms with Crippen LogP contribution in [0.1, 0.15) is 13.3 Å². The number of aliphatic carboxylic acids is 1. The van der Waals surface area contributed by atoms with Gasteiger partial charge in [0.25, 0.3) is 0 Å². The van der Waals surface area contributed by atoms with Gasteiger partial charge < -0.3 is 9.84 Å². The molecule has 0 bridgehead atoms. The normalized spacial score (nSPS) is 11.8. The number of halogens is 1. The van der Waals surface area contributed by atoms with Gasteiger partial charge in [0.15, 0.2) is 0 Å². The molecule has 0 aliphatic heterocycles. The van der Waals surface area contributed by atoms with Gasteiger partial charge in [-0.2, -0.15) is 0 Å². The fourth-order valence-electron chi connectivity index (χ4n) is 0.826. The molecule has 0 aliphatic rings. The average molecular weight is 188 g/mol. The Morgan fingerprint density at radius 1 is 1.69 bits per heavy atom. The molecular weight excluding hydrogens is 175 g/mol. The van der Waals surface area contributed by atoms with Crippen molar-refractivity contribution in [1.29, 1.82) is 0 Å². The molecule has 0 aromatic heterocycles. The second kappa shape index (κ2) is 6.22. The van der Waals surface area contributed by atoms with Gasteiger partial charge in [-0.3, -0.25) is 0 Å². The van der Waals surface area contributed by atoms with E-state index in [2.05, 4.69) is 6.58 Å². The lowest BCUT2D eigenvalue weighted by Gasteiger charge is -2.08. The SMILES string of the molecule is C=CCC(OCC)=C(CF)C(=O)O. The molecule has 0 aromatic carbocycles. The molecule has 3 nitrogen and oxygen atoms in total. The van der Waals surface area contributed by atoms with Crippen molar-refractivity contribution < 1.29 is 19.0 Å². The van der Waals surface area contributed by atoms with Crippen molar-refractivity contribution in [2.24, 2.45) is 0 Å². The average Bonchev–Trinajstić information content (AvgIpc) is 2.05. The molecule has 4 heteroatoms. The molecule has 0 fully saturated rings. The predicted octanol–water partition coefficient (Wildman–Crippen LogP) is 1.91. The number of rotatable bonds is 6. The van der Waals surface area contributed by atoms with Crippen molar-refractivity contribution in [2.75, 3.05) is 13.3 Å². The van der Waals surface area contributed by atoms with Gasteiger partial charge in [0.05, 0.1) is 6.61 Å². The number of carbonyl (C=O) groups is 1. The van der Waals surface area contributed by atoms with Crippen molar-refractivity contribution >= 4 is 5.97 Å². The Morgan fingerprint density at radius 2 is 2.31 bits per heavy atom. The van der Waals surface area contributed by atoms with Crippen molar-refractivity contribution in [3.63, 3.8) is 0 Å². The molecular formula is C9H13FO3. The molecule has 0 radical (unpaired) electrons. The number of carboxylic acid groups (broad SMARTS) is 1. The highest BCUT2D eigenvalue weighted by Gasteiger charge is 2.14. The number of allylic oxidation sites excluding steroid dienone is 1. The van der Waals surface area contributed by atoms with Crippen molar-refractivity contribution in [2.45, 2.75) is 13.3 Å². The first-order chi connectivity index (χ1) is 6.17. The van der Waals surface area contributed by atoms with Crippen molar-refractivity contribution in [1.82, 2.24) is 0 Å². The van der Waals surface area contributed by atoms with Crippen LogP contribution in [0.3, 0.4) is 0 Å². The summed E-state index contributed by atoms with van der Waals surface area (Å²) in [6.07, 6.45) is 1.71. The van der Waals surface area contributed by atoms with Gasteiger partial charge in [-0.1, -0.05) is 6.08 Å². The van der Waals surface area contributed by atoms with E-state index in [0.717, 1.165) is 0 Å². The number of alkyl halides is 1. The summed E-state index contributed by atoms with van der Waals surface area (Å²) in [5.74, 6) is -1.14. The molecule has 0 unspecified atom stereocenters. The number of carboxylic acids is 1. The van der Waals surface area contributed by atoms with Gasteiger partial charge in [-0.05, 0) is 6.92 Å². The topological polar surface area (TPSA) is 46.5 Å². The van der Waals surface area contributed by atoms with E-state index in [9.17, 15) is 9.18 Å². The quantitative estimate of drug-likeness (QED) is 0.393. The summed E-state index contributed by atoms with van der Waals surface area (Å²) in [6.45, 7) is 4.43. The van der Waals surface area contributed by atoms with Crippen LogP contribution in [0.25, 0.3) is 0 Å². The van der Waals surface area contributed by atoms with E-state index in [4.69, 9.17) is 9.84 Å². The number of hydrogen-bond acceptors (Lipinski definition) is 2. The van der Waals surface area contributed by atoms with E-state index in [1.165, 1.54) is 6.08 Å². The monoisotopic (exact) mass is 188 g/mol. The van der Waals surface area contributed by atoms with Gasteiger partial charge in [-0.25, -0.2) is 9.18 Å². The van der Waals surface area contributed by atoms with Gasteiger partial charge >= 0.3 is 5.97 Å². The molecule has 0 rings (SSSR count). The third-order valence-corrected chi connectivity index (χ3v) is 1.38. The van der Waals surface area contributed by atoms with Gasteiger partial charge in [-0.15, -0.1) is 6.58 Å². The Labute approximate surface area is 76.5 Å². The van der Waals surface area contributed by atoms with Crippen molar-refractivity contribution in [3.8, 4) is 0 Å². The second-order valence-electron chi connectivity index (χ2n) is 2.27. The molecule has 0 aliphatic carbocycles. The Hall–Kier alpha value is -1.32. The summed E-state index contributed by atoms with van der Waals surface area (Å²) < 4.78 is 17.2. The standard InChI is InChI=1S/C9H13FO3/c1-3-5-8(13-4-2)7(6-10)9(11)12/h3H,1,4-6H2,2H3,(H,11,12). The predicted molar refractivity (Wildman–Crippen MR) is 47.1 cm³/mol. The summed E-state index contributed by atoms with van der Waals surface area (Å²) in [6, 6.07) is 0. The molecule has 13 heavy (non-hydrogen) atoms. The van der Waals surface area contributed by atoms with Gasteiger partial charge in [0.1, 0.15) is 18.0 Å². The van der Waals surface area contributed by atoms with Crippen LogP contribution in [0, 0.1) is 0 Å². The van der Waals surface area contributed by atoms with E-state index in [-0.39, 0.29) is 17.8 Å². The maximum absolute atomic E-state index is 12.3. The fraction of sp³-hybridized carbons (Fsp3) is 0.444. The highest BCUT2D eigenvalue weighted by Crippen LogP contribution is 2.12. The summed E-state index contributed by atoms with van der Waals surface area (Å²) in [5.41, 5.74) is -0.332. The first-order valence-corrected chi connectivity index (χ1v) is 3.92. The molecule has 1 N–H and O–H groups in total. The van der Waals surface area contributed by atoms with Crippen LogP contribution in [0.4, 0.5) is 4.39 Å². The lowest BCUT2D eigenvalue weighted by Crippen LogP contribution is -2.08. The van der Waals surface area contributed by atoms with E-state index in [1.54, 1.807) is 6.92 Å². The van der Waals surface area contributed by atoms with Gasteiger partial charge in [0.2, 0.25) is 0 Å². The maximum atomic E-state index is 12.3. The lowest BCUT2D eigenvalue weighted by atomic mass is 10.2. The maximum Gasteiger partial charge on any atom is 0.337 e. The summed E-state index contributed by atoms with van der Waals surface area (Å²) in [5, 5.41) is 8.58. The molecule has 0 saturated heterocycles. The Morgan fingerprint density at radius 3 is 2.62 bits per heavy atom. The van der Waals surface area contributed by atoms with Gasteiger partial charge in [0, 0.05) is 6.42 Å². The van der Waals surface area contributed by atoms with Crippen molar-refractivity contribution in [3.05, 3.63) is 24.0 Å². The minimum atomic E-state index is -1.28. The lowest BCUT2D eigenvalue weighted by molar-refractivity contribution is -0.133. The van der Waals surface area contributed by atoms with Crippen LogP contribution in [-0.4, -0.2) is 24.4 Å². The van der Waals surface area contributed by atoms with Crippen LogP contribution in [0.15, 0.2) is 24.0 Å². The summed E-state index contributed by atoms with van der Waals surface area (Å²) in [7, 11) is 0. The first kappa shape index (κ1) is 11.7.